The van der Waals surface area contributed by atoms with Crippen molar-refractivity contribution >= 4 is 5.97 Å². The lowest BCUT2D eigenvalue weighted by Gasteiger charge is -2.47. The van der Waals surface area contributed by atoms with Crippen LogP contribution in [0.25, 0.3) is 0 Å². The Hall–Kier alpha value is -2.97. The normalized spacial score (nSPS) is 26.0. The van der Waals surface area contributed by atoms with Crippen LogP contribution in [0.1, 0.15) is 41.1 Å². The molecule has 0 aromatic heterocycles. The largest absolute Gasteiger partial charge is 0.460 e. The number of carbonyl (C=O) groups excluding carboxylic acids is 1. The van der Waals surface area contributed by atoms with Gasteiger partial charge in [0.05, 0.1) is 0 Å². The van der Waals surface area contributed by atoms with Crippen molar-refractivity contribution in [1.29, 1.82) is 0 Å². The van der Waals surface area contributed by atoms with E-state index in [-0.39, 0.29) is 31.6 Å². The van der Waals surface area contributed by atoms with E-state index in [1.54, 1.807) is 6.92 Å². The van der Waals surface area contributed by atoms with Crippen molar-refractivity contribution in [2.24, 2.45) is 5.73 Å². The summed E-state index contributed by atoms with van der Waals surface area (Å²) in [6.45, 7) is 2.79. The predicted octanol–water partition coefficient (Wildman–Crippen LogP) is 2.23. The second-order valence-electron chi connectivity index (χ2n) is 8.63. The summed E-state index contributed by atoms with van der Waals surface area (Å²) in [6, 6.07) is 7.45. The molecule has 3 heterocycles. The molecule has 0 fully saturated rings. The summed E-state index contributed by atoms with van der Waals surface area (Å²) in [4.78, 5) is 14.8. The van der Waals surface area contributed by atoms with Gasteiger partial charge in [-0.2, -0.15) is 0 Å². The summed E-state index contributed by atoms with van der Waals surface area (Å²) in [7, 11) is 2.08. The summed E-state index contributed by atoms with van der Waals surface area (Å²) in [5, 5.41) is 0. The van der Waals surface area contributed by atoms with Gasteiger partial charge in [-0.3, -0.25) is 9.69 Å². The maximum atomic E-state index is 12.5. The van der Waals surface area contributed by atoms with E-state index in [1.165, 1.54) is 5.56 Å². The van der Waals surface area contributed by atoms with Crippen LogP contribution in [-0.4, -0.2) is 43.6 Å². The molecular formula is C23H24N2O6. The van der Waals surface area contributed by atoms with Gasteiger partial charge in [0.1, 0.15) is 12.1 Å². The number of carbonyl (C=O) groups is 1. The highest BCUT2D eigenvalue weighted by atomic mass is 16.7. The number of nitrogens with two attached hydrogens (primary N) is 1. The highest BCUT2D eigenvalue weighted by Gasteiger charge is 2.47. The van der Waals surface area contributed by atoms with Gasteiger partial charge in [0.25, 0.3) is 0 Å². The lowest BCUT2D eigenvalue weighted by molar-refractivity contribution is -0.153. The first kappa shape index (κ1) is 18.8. The molecule has 31 heavy (non-hydrogen) atoms. The van der Waals surface area contributed by atoms with Gasteiger partial charge in [0.15, 0.2) is 23.0 Å². The number of hydrogen-bond donors (Lipinski definition) is 1. The fourth-order valence-electron chi connectivity index (χ4n) is 5.31. The molecule has 162 valence electrons. The van der Waals surface area contributed by atoms with Crippen LogP contribution >= 0.6 is 0 Å². The first-order valence-electron chi connectivity index (χ1n) is 10.5. The van der Waals surface area contributed by atoms with Crippen molar-refractivity contribution in [3.8, 4) is 23.0 Å². The van der Waals surface area contributed by atoms with Crippen LogP contribution in [0.4, 0.5) is 0 Å². The molecule has 0 amide bonds. The highest BCUT2D eigenvalue weighted by Crippen LogP contribution is 2.54. The minimum atomic E-state index is -0.686. The van der Waals surface area contributed by atoms with Gasteiger partial charge in [0.2, 0.25) is 13.6 Å². The maximum absolute atomic E-state index is 12.5. The molecule has 2 aromatic rings. The number of nitrogens with zero attached hydrogens (tertiary/aromatic N) is 1. The molecular weight excluding hydrogens is 400 g/mol. The monoisotopic (exact) mass is 424 g/mol. The highest BCUT2D eigenvalue weighted by molar-refractivity contribution is 5.75. The zero-order chi connectivity index (χ0) is 21.3. The van der Waals surface area contributed by atoms with Gasteiger partial charge in [-0.15, -0.1) is 0 Å². The Kier molecular flexibility index (Phi) is 4.10. The molecule has 4 aliphatic rings. The van der Waals surface area contributed by atoms with Crippen molar-refractivity contribution < 1.29 is 28.5 Å². The third-order valence-electron chi connectivity index (χ3n) is 6.67. The molecule has 8 nitrogen and oxygen atoms in total. The molecule has 0 saturated heterocycles. The number of ether oxygens (including phenoxy) is 5. The Morgan fingerprint density at radius 3 is 2.65 bits per heavy atom. The molecule has 2 aromatic carbocycles. The van der Waals surface area contributed by atoms with E-state index in [4.69, 9.17) is 29.4 Å². The molecule has 4 unspecified atom stereocenters. The van der Waals surface area contributed by atoms with Crippen LogP contribution in [0.5, 0.6) is 23.0 Å². The lowest BCUT2D eigenvalue weighted by atomic mass is 9.70. The Morgan fingerprint density at radius 2 is 1.84 bits per heavy atom. The van der Waals surface area contributed by atoms with Crippen LogP contribution in [0, 0.1) is 0 Å². The number of rotatable bonds is 2. The molecule has 2 N–H and O–H groups in total. The number of benzene rings is 2. The minimum Gasteiger partial charge on any atom is -0.460 e. The maximum Gasteiger partial charge on any atom is 0.322 e. The predicted molar refractivity (Wildman–Crippen MR) is 109 cm³/mol. The first-order chi connectivity index (χ1) is 15.0. The second-order valence-corrected chi connectivity index (χ2v) is 8.63. The zero-order valence-electron chi connectivity index (χ0n) is 17.4. The molecule has 0 spiro atoms. The quantitative estimate of drug-likeness (QED) is 0.734. The van der Waals surface area contributed by atoms with Crippen molar-refractivity contribution in [1.82, 2.24) is 4.90 Å². The summed E-state index contributed by atoms with van der Waals surface area (Å²) < 4.78 is 28.6. The summed E-state index contributed by atoms with van der Waals surface area (Å²) in [5.41, 5.74) is 10.3. The molecule has 0 saturated carbocycles. The molecule has 0 radical (unpaired) electrons. The Balaban J connectivity index is 1.51. The summed E-state index contributed by atoms with van der Waals surface area (Å²) in [6.07, 6.45) is 0.214. The van der Waals surface area contributed by atoms with E-state index in [2.05, 4.69) is 24.1 Å². The average molecular weight is 424 g/mol. The van der Waals surface area contributed by atoms with E-state index >= 15 is 0 Å². The molecule has 6 rings (SSSR count). The van der Waals surface area contributed by atoms with Crippen molar-refractivity contribution in [3.63, 3.8) is 0 Å². The standard InChI is InChI=1S/C23H24N2O6/c1-11(24)23(26)31-19-6-12-5-17-18(29-9-28-17)7-14(12)21-20(19)13-3-4-16-22(30-10-27-16)15(13)8-25(21)2/h3-5,7,11,19-21H,6,8-10,24H2,1-2H3. The summed E-state index contributed by atoms with van der Waals surface area (Å²) in [5.74, 6) is 2.57. The fraction of sp³-hybridized carbons (Fsp3) is 0.435. The van der Waals surface area contributed by atoms with Gasteiger partial charge < -0.3 is 29.4 Å². The van der Waals surface area contributed by atoms with E-state index in [9.17, 15) is 4.79 Å². The van der Waals surface area contributed by atoms with Crippen molar-refractivity contribution in [3.05, 3.63) is 46.5 Å². The third-order valence-corrected chi connectivity index (χ3v) is 6.67. The van der Waals surface area contributed by atoms with Gasteiger partial charge in [0, 0.05) is 30.5 Å². The van der Waals surface area contributed by atoms with Crippen LogP contribution in [0.3, 0.4) is 0 Å². The molecule has 4 atom stereocenters. The second kappa shape index (κ2) is 6.77. The van der Waals surface area contributed by atoms with Gasteiger partial charge in [-0.1, -0.05) is 6.07 Å². The van der Waals surface area contributed by atoms with Crippen LogP contribution < -0.4 is 24.7 Å². The Labute approximate surface area is 179 Å². The number of esters is 1. The van der Waals surface area contributed by atoms with E-state index in [1.807, 2.05) is 12.1 Å². The van der Waals surface area contributed by atoms with E-state index in [0.717, 1.165) is 39.7 Å². The molecule has 1 aliphatic carbocycles. The van der Waals surface area contributed by atoms with E-state index in [0.29, 0.717) is 13.0 Å². The average Bonchev–Trinajstić information content (AvgIpc) is 3.40. The van der Waals surface area contributed by atoms with Gasteiger partial charge in [-0.25, -0.2) is 0 Å². The minimum absolute atomic E-state index is 0.0111. The number of hydrogen-bond acceptors (Lipinski definition) is 8. The Morgan fingerprint density at radius 1 is 1.10 bits per heavy atom. The third kappa shape index (κ3) is 2.78. The first-order valence-corrected chi connectivity index (χ1v) is 10.5. The number of likely N-dealkylation sites (N-methyl/N-ethyl adjacent to an activating group) is 1. The zero-order valence-corrected chi connectivity index (χ0v) is 17.4. The van der Waals surface area contributed by atoms with Crippen LogP contribution in [0.2, 0.25) is 0 Å². The number of fused-ring (bicyclic) bond motifs is 8. The molecule has 8 heteroatoms. The van der Waals surface area contributed by atoms with Crippen LogP contribution in [0.15, 0.2) is 24.3 Å². The lowest BCUT2D eigenvalue weighted by Crippen LogP contribution is -2.46. The van der Waals surface area contributed by atoms with Gasteiger partial charge >= 0.3 is 5.97 Å². The van der Waals surface area contributed by atoms with Crippen molar-refractivity contribution in [2.45, 2.75) is 44.0 Å². The summed E-state index contributed by atoms with van der Waals surface area (Å²) >= 11 is 0. The topological polar surface area (TPSA) is 92.5 Å². The Bertz CT molecular complexity index is 1080. The molecule has 3 aliphatic heterocycles. The SMILES string of the molecule is CC(N)C(=O)OC1Cc2cc3c(cc2C2C1c1ccc4c(c1CN2C)OCO4)OCO3. The van der Waals surface area contributed by atoms with E-state index < -0.39 is 12.0 Å². The fourth-order valence-corrected chi connectivity index (χ4v) is 5.31. The smallest absolute Gasteiger partial charge is 0.322 e. The van der Waals surface area contributed by atoms with Crippen molar-refractivity contribution in [2.75, 3.05) is 20.6 Å². The van der Waals surface area contributed by atoms with Gasteiger partial charge in [-0.05, 0) is 48.9 Å². The van der Waals surface area contributed by atoms with Crippen LogP contribution in [-0.2, 0) is 22.5 Å². The molecule has 0 bridgehead atoms.